The summed E-state index contributed by atoms with van der Waals surface area (Å²) >= 11 is 0. The zero-order chi connectivity index (χ0) is 20.2. The molecule has 4 rings (SSSR count). The molecule has 0 saturated carbocycles. The first kappa shape index (κ1) is 18.8. The van der Waals surface area contributed by atoms with Crippen molar-refractivity contribution in [3.05, 3.63) is 84.8 Å². The van der Waals surface area contributed by atoms with Crippen LogP contribution in [0.2, 0.25) is 0 Å². The number of allylic oxidation sites excluding steroid dienone is 2. The van der Waals surface area contributed by atoms with Gasteiger partial charge < -0.3 is 9.64 Å². The minimum atomic E-state index is -0.536. The van der Waals surface area contributed by atoms with Crippen molar-refractivity contribution in [1.29, 1.82) is 0 Å². The molecule has 0 unspecified atom stereocenters. The van der Waals surface area contributed by atoms with Gasteiger partial charge >= 0.3 is 0 Å². The van der Waals surface area contributed by atoms with Gasteiger partial charge in [-0.3, -0.25) is 0 Å². The molecule has 3 aromatic rings. The van der Waals surface area contributed by atoms with E-state index in [1.807, 2.05) is 37.3 Å². The van der Waals surface area contributed by atoms with Gasteiger partial charge in [0, 0.05) is 29.4 Å². The highest BCUT2D eigenvalue weighted by Gasteiger charge is 2.30. The van der Waals surface area contributed by atoms with Crippen LogP contribution < -0.4 is 4.90 Å². The first-order valence-electron chi connectivity index (χ1n) is 9.39. The zero-order valence-electron chi connectivity index (χ0n) is 16.1. The number of ether oxygens (including phenoxy) is 1. The summed E-state index contributed by atoms with van der Waals surface area (Å²) in [5.41, 5.74) is 2.40. The molecule has 1 aromatic carbocycles. The summed E-state index contributed by atoms with van der Waals surface area (Å²) in [5.74, 6) is 0.842. The molecule has 6 heteroatoms. The number of halogens is 1. The molecule has 1 saturated heterocycles. The number of anilines is 1. The molecule has 3 heterocycles. The first-order chi connectivity index (χ1) is 14.1. The molecule has 0 amide bonds. The van der Waals surface area contributed by atoms with Gasteiger partial charge in [0.1, 0.15) is 11.9 Å². The molecule has 0 bridgehead atoms. The van der Waals surface area contributed by atoms with Crippen LogP contribution in [-0.2, 0) is 4.74 Å². The summed E-state index contributed by atoms with van der Waals surface area (Å²) in [6.45, 7) is 6.92. The van der Waals surface area contributed by atoms with Crippen LogP contribution in [0.3, 0.4) is 0 Å². The molecule has 29 heavy (non-hydrogen) atoms. The average molecular weight is 388 g/mol. The van der Waals surface area contributed by atoms with Crippen LogP contribution >= 0.6 is 0 Å². The Kier molecular flexibility index (Phi) is 5.33. The summed E-state index contributed by atoms with van der Waals surface area (Å²) < 4.78 is 19.6. The van der Waals surface area contributed by atoms with Crippen molar-refractivity contribution >= 4 is 28.5 Å². The van der Waals surface area contributed by atoms with Crippen LogP contribution in [0.25, 0.3) is 16.5 Å². The second kappa shape index (κ2) is 8.22. The standard InChI is InChI=1S/C23H21FN4O/c1-3-11-26-23(16(2)18-10-12-25-21(24)13-18)29-19-14-28(15-19)22-9-8-17-6-4-5-7-20(17)27-22/h3-13,19H,1,14-15H2,2H3/b23-16-,26-11-. The van der Waals surface area contributed by atoms with Crippen LogP contribution in [0.15, 0.2) is 78.3 Å². The van der Waals surface area contributed by atoms with Gasteiger partial charge in [0.15, 0.2) is 0 Å². The molecule has 0 atom stereocenters. The van der Waals surface area contributed by atoms with Gasteiger partial charge in [-0.2, -0.15) is 4.39 Å². The lowest BCUT2D eigenvalue weighted by Gasteiger charge is -2.40. The summed E-state index contributed by atoms with van der Waals surface area (Å²) in [6.07, 6.45) is 4.55. The Bertz CT molecular complexity index is 1100. The zero-order valence-corrected chi connectivity index (χ0v) is 16.1. The van der Waals surface area contributed by atoms with Gasteiger partial charge in [0.05, 0.1) is 18.6 Å². The SMILES string of the molecule is C=C/C=N\C(OC1CN(c2ccc3ccccc3n2)C1)=C(/C)c1ccnc(F)c1. The minimum absolute atomic E-state index is 0.0260. The number of aromatic nitrogens is 2. The highest BCUT2D eigenvalue weighted by Crippen LogP contribution is 2.27. The topological polar surface area (TPSA) is 50.6 Å². The Morgan fingerprint density at radius 1 is 1.24 bits per heavy atom. The molecule has 1 aliphatic heterocycles. The van der Waals surface area contributed by atoms with Crippen LogP contribution in [0.5, 0.6) is 0 Å². The van der Waals surface area contributed by atoms with E-state index in [1.54, 1.807) is 18.4 Å². The highest BCUT2D eigenvalue weighted by molar-refractivity contribution is 5.80. The van der Waals surface area contributed by atoms with Crippen molar-refractivity contribution in [2.24, 2.45) is 4.99 Å². The third kappa shape index (κ3) is 4.16. The van der Waals surface area contributed by atoms with E-state index in [-0.39, 0.29) is 6.10 Å². The van der Waals surface area contributed by atoms with Crippen LogP contribution in [0.1, 0.15) is 12.5 Å². The van der Waals surface area contributed by atoms with Crippen molar-refractivity contribution in [2.75, 3.05) is 18.0 Å². The van der Waals surface area contributed by atoms with Crippen molar-refractivity contribution in [3.8, 4) is 0 Å². The Hall–Kier alpha value is -3.54. The largest absolute Gasteiger partial charge is 0.470 e. The molecule has 146 valence electrons. The lowest BCUT2D eigenvalue weighted by molar-refractivity contribution is 0.0903. The van der Waals surface area contributed by atoms with E-state index in [0.29, 0.717) is 24.5 Å². The summed E-state index contributed by atoms with van der Waals surface area (Å²) in [6, 6.07) is 15.3. The fraction of sp³-hybridized carbons (Fsp3) is 0.174. The second-order valence-electron chi connectivity index (χ2n) is 6.82. The quantitative estimate of drug-likeness (QED) is 0.351. The van der Waals surface area contributed by atoms with E-state index >= 15 is 0 Å². The molecule has 0 spiro atoms. The van der Waals surface area contributed by atoms with Gasteiger partial charge in [0.25, 0.3) is 0 Å². The molecule has 5 nitrogen and oxygen atoms in total. The summed E-state index contributed by atoms with van der Waals surface area (Å²) in [4.78, 5) is 14.8. The molecule has 0 radical (unpaired) electrons. The Labute approximate surface area is 168 Å². The maximum Gasteiger partial charge on any atom is 0.217 e. The van der Waals surface area contributed by atoms with E-state index < -0.39 is 5.95 Å². The number of fused-ring (bicyclic) bond motifs is 1. The molecular formula is C23H21FN4O. The highest BCUT2D eigenvalue weighted by atomic mass is 19.1. The summed E-state index contributed by atoms with van der Waals surface area (Å²) in [5, 5.41) is 1.12. The summed E-state index contributed by atoms with van der Waals surface area (Å²) in [7, 11) is 0. The number of para-hydroxylation sites is 1. The smallest absolute Gasteiger partial charge is 0.217 e. The molecular weight excluding hydrogens is 367 g/mol. The second-order valence-corrected chi connectivity index (χ2v) is 6.82. The Balaban J connectivity index is 1.49. The van der Waals surface area contributed by atoms with Crippen molar-refractivity contribution in [3.63, 3.8) is 0 Å². The molecule has 0 aliphatic carbocycles. The fourth-order valence-corrected chi connectivity index (χ4v) is 3.18. The van der Waals surface area contributed by atoms with Gasteiger partial charge in [-0.05, 0) is 36.8 Å². The number of hydrogen-bond acceptors (Lipinski definition) is 5. The van der Waals surface area contributed by atoms with Crippen molar-refractivity contribution < 1.29 is 9.13 Å². The molecule has 1 fully saturated rings. The predicted molar refractivity (Wildman–Crippen MR) is 114 cm³/mol. The minimum Gasteiger partial charge on any atom is -0.470 e. The van der Waals surface area contributed by atoms with Crippen LogP contribution in [0, 0.1) is 5.95 Å². The van der Waals surface area contributed by atoms with Gasteiger partial charge in [-0.25, -0.2) is 15.0 Å². The van der Waals surface area contributed by atoms with E-state index in [1.165, 1.54) is 12.3 Å². The van der Waals surface area contributed by atoms with Crippen molar-refractivity contribution in [1.82, 2.24) is 9.97 Å². The van der Waals surface area contributed by atoms with Crippen LogP contribution in [0.4, 0.5) is 10.2 Å². The Morgan fingerprint density at radius 2 is 2.07 bits per heavy atom. The van der Waals surface area contributed by atoms with Crippen LogP contribution in [-0.4, -0.2) is 35.4 Å². The van der Waals surface area contributed by atoms with Gasteiger partial charge in [0.2, 0.25) is 11.8 Å². The third-order valence-corrected chi connectivity index (χ3v) is 4.81. The first-order valence-corrected chi connectivity index (χ1v) is 9.39. The predicted octanol–water partition coefficient (Wildman–Crippen LogP) is 4.62. The molecule has 1 aliphatic rings. The number of nitrogens with zero attached hydrogens (tertiary/aromatic N) is 4. The molecule has 0 N–H and O–H groups in total. The lowest BCUT2D eigenvalue weighted by Crippen LogP contribution is -2.52. The average Bonchev–Trinajstić information content (AvgIpc) is 2.71. The number of hydrogen-bond donors (Lipinski definition) is 0. The maximum absolute atomic E-state index is 13.5. The van der Waals surface area contributed by atoms with Gasteiger partial charge in [-0.1, -0.05) is 30.9 Å². The van der Waals surface area contributed by atoms with Gasteiger partial charge in [-0.15, -0.1) is 0 Å². The lowest BCUT2D eigenvalue weighted by atomic mass is 10.1. The van der Waals surface area contributed by atoms with E-state index in [9.17, 15) is 4.39 Å². The Morgan fingerprint density at radius 3 is 2.86 bits per heavy atom. The number of rotatable bonds is 6. The fourth-order valence-electron chi connectivity index (χ4n) is 3.18. The molecule has 2 aromatic heterocycles. The van der Waals surface area contributed by atoms with E-state index in [0.717, 1.165) is 22.3 Å². The van der Waals surface area contributed by atoms with E-state index in [4.69, 9.17) is 9.72 Å². The normalized spacial score (nSPS) is 15.3. The number of aliphatic imine (C=N–C) groups is 1. The van der Waals surface area contributed by atoms with E-state index in [2.05, 4.69) is 27.5 Å². The maximum atomic E-state index is 13.5. The number of benzene rings is 1. The number of pyridine rings is 2. The van der Waals surface area contributed by atoms with Crippen molar-refractivity contribution in [2.45, 2.75) is 13.0 Å². The monoisotopic (exact) mass is 388 g/mol. The third-order valence-electron chi connectivity index (χ3n) is 4.81.